The Labute approximate surface area is 164 Å². The molecule has 0 saturated heterocycles. The lowest BCUT2D eigenvalue weighted by atomic mass is 9.69. The van der Waals surface area contributed by atoms with E-state index < -0.39 is 0 Å². The Bertz CT molecular complexity index is 890. The van der Waals surface area contributed by atoms with Crippen molar-refractivity contribution in [3.8, 4) is 0 Å². The van der Waals surface area contributed by atoms with Gasteiger partial charge in [0, 0.05) is 35.9 Å². The largest absolute Gasteiger partial charge is 0.378 e. The van der Waals surface area contributed by atoms with Crippen LogP contribution >= 0.6 is 11.6 Å². The number of carbonyl (C=O) groups is 1. The van der Waals surface area contributed by atoms with Crippen molar-refractivity contribution < 1.29 is 9.18 Å². The summed E-state index contributed by atoms with van der Waals surface area (Å²) in [4.78, 5) is 14.0. The van der Waals surface area contributed by atoms with Crippen molar-refractivity contribution in [3.05, 3.63) is 63.9 Å². The van der Waals surface area contributed by atoms with Gasteiger partial charge in [-0.15, -0.1) is 0 Å². The number of halogens is 2. The van der Waals surface area contributed by atoms with Gasteiger partial charge in [0.05, 0.1) is 6.04 Å². The number of hydrogen-bond acceptors (Lipinski definition) is 2. The summed E-state index contributed by atoms with van der Waals surface area (Å²) in [5, 5.41) is 4.05. The molecule has 1 N–H and O–H groups in total. The predicted octanol–water partition coefficient (Wildman–Crippen LogP) is 5.55. The Hall–Kier alpha value is -2.07. The molecule has 1 atom stereocenters. The van der Waals surface area contributed by atoms with Crippen molar-refractivity contribution >= 4 is 23.2 Å². The van der Waals surface area contributed by atoms with E-state index in [-0.39, 0.29) is 23.2 Å². The van der Waals surface area contributed by atoms with Crippen LogP contribution in [0.15, 0.2) is 36.4 Å². The Kier molecular flexibility index (Phi) is 4.63. The van der Waals surface area contributed by atoms with Crippen LogP contribution in [0.2, 0.25) is 5.02 Å². The van der Waals surface area contributed by atoms with Crippen LogP contribution in [0.1, 0.15) is 59.6 Å². The van der Waals surface area contributed by atoms with Crippen molar-refractivity contribution in [1.29, 1.82) is 0 Å². The van der Waals surface area contributed by atoms with Gasteiger partial charge in [0.25, 0.3) is 5.91 Å². The Morgan fingerprint density at radius 3 is 2.63 bits per heavy atom. The van der Waals surface area contributed by atoms with E-state index in [0.717, 1.165) is 37.8 Å². The van der Waals surface area contributed by atoms with E-state index in [0.29, 0.717) is 16.1 Å². The van der Waals surface area contributed by atoms with E-state index in [1.807, 2.05) is 18.2 Å². The maximum absolute atomic E-state index is 14.5. The van der Waals surface area contributed by atoms with Gasteiger partial charge in [-0.3, -0.25) is 4.79 Å². The molecule has 2 aromatic carbocycles. The minimum absolute atomic E-state index is 0.00829. The molecule has 1 aliphatic heterocycles. The molecular weight excluding hydrogens is 363 g/mol. The lowest BCUT2D eigenvalue weighted by Crippen LogP contribution is -2.34. The molecule has 1 unspecified atom stereocenters. The van der Waals surface area contributed by atoms with Crippen LogP contribution in [-0.4, -0.2) is 24.9 Å². The molecule has 1 amide bonds. The minimum Gasteiger partial charge on any atom is -0.378 e. The van der Waals surface area contributed by atoms with Gasteiger partial charge >= 0.3 is 0 Å². The number of benzene rings is 2. The number of nitrogens with one attached hydrogen (secondary N) is 1. The molecule has 1 saturated carbocycles. The molecule has 0 bridgehead atoms. The lowest BCUT2D eigenvalue weighted by molar-refractivity contribution is 0.0827. The third-order valence-corrected chi connectivity index (χ3v) is 6.30. The van der Waals surface area contributed by atoms with E-state index in [1.54, 1.807) is 31.1 Å². The van der Waals surface area contributed by atoms with Gasteiger partial charge in [-0.25, -0.2) is 4.39 Å². The first-order chi connectivity index (χ1) is 12.9. The fraction of sp³-hybridized carbons (Fsp3) is 0.409. The molecule has 2 aromatic rings. The molecule has 27 heavy (non-hydrogen) atoms. The van der Waals surface area contributed by atoms with Gasteiger partial charge in [-0.05, 0) is 66.6 Å². The van der Waals surface area contributed by atoms with Crippen LogP contribution in [0.4, 0.5) is 10.1 Å². The van der Waals surface area contributed by atoms with Crippen molar-refractivity contribution in [2.75, 3.05) is 19.4 Å². The van der Waals surface area contributed by atoms with Crippen molar-refractivity contribution in [1.82, 2.24) is 4.90 Å². The first-order valence-electron chi connectivity index (χ1n) is 9.47. The zero-order chi connectivity index (χ0) is 19.2. The van der Waals surface area contributed by atoms with E-state index >= 15 is 0 Å². The van der Waals surface area contributed by atoms with Crippen LogP contribution in [-0.2, 0) is 5.41 Å². The normalized spacial score (nSPS) is 20.2. The summed E-state index contributed by atoms with van der Waals surface area (Å²) in [5.74, 6) is -0.221. The summed E-state index contributed by atoms with van der Waals surface area (Å²) >= 11 is 6.14. The van der Waals surface area contributed by atoms with Gasteiger partial charge < -0.3 is 10.2 Å². The summed E-state index contributed by atoms with van der Waals surface area (Å²) < 4.78 is 14.5. The number of rotatable bonds is 2. The molecule has 5 heteroatoms. The smallest absolute Gasteiger partial charge is 0.253 e. The van der Waals surface area contributed by atoms with Crippen molar-refractivity contribution in [2.45, 2.75) is 43.6 Å². The molecule has 1 heterocycles. The molecule has 0 radical (unpaired) electrons. The molecular formula is C22H24ClFN2O. The van der Waals surface area contributed by atoms with Crippen LogP contribution < -0.4 is 5.32 Å². The second kappa shape index (κ2) is 6.83. The average Bonchev–Trinajstić information content (AvgIpc) is 3.11. The zero-order valence-corrected chi connectivity index (χ0v) is 16.4. The number of amides is 1. The van der Waals surface area contributed by atoms with E-state index in [2.05, 4.69) is 5.32 Å². The van der Waals surface area contributed by atoms with Gasteiger partial charge in [0.15, 0.2) is 0 Å². The summed E-state index contributed by atoms with van der Waals surface area (Å²) in [6.07, 6.45) is 5.28. The Morgan fingerprint density at radius 1 is 1.19 bits per heavy atom. The monoisotopic (exact) mass is 386 g/mol. The zero-order valence-electron chi connectivity index (χ0n) is 15.7. The molecule has 0 aromatic heterocycles. The van der Waals surface area contributed by atoms with Gasteiger partial charge in [0.2, 0.25) is 0 Å². The fourth-order valence-corrected chi connectivity index (χ4v) is 4.91. The van der Waals surface area contributed by atoms with E-state index in [9.17, 15) is 9.18 Å². The lowest BCUT2D eigenvalue weighted by Gasteiger charge is -2.41. The van der Waals surface area contributed by atoms with Gasteiger partial charge in [-0.2, -0.15) is 0 Å². The minimum atomic E-state index is -0.229. The summed E-state index contributed by atoms with van der Waals surface area (Å²) in [6.45, 7) is 0. The predicted molar refractivity (Wildman–Crippen MR) is 107 cm³/mol. The number of nitrogens with zero attached hydrogens (tertiary/aromatic N) is 1. The molecule has 4 rings (SSSR count). The highest BCUT2D eigenvalue weighted by molar-refractivity contribution is 6.30. The fourth-order valence-electron chi connectivity index (χ4n) is 4.73. The molecule has 3 nitrogen and oxygen atoms in total. The highest BCUT2D eigenvalue weighted by Gasteiger charge is 2.43. The SMILES string of the molecule is CN(C)C(=O)c1ccc2c(c1)C1(CCCC1)CC(c1cc(Cl)ccc1F)N2. The van der Waals surface area contributed by atoms with Gasteiger partial charge in [0.1, 0.15) is 5.82 Å². The van der Waals surface area contributed by atoms with Crippen molar-refractivity contribution in [2.24, 2.45) is 0 Å². The van der Waals surface area contributed by atoms with Crippen molar-refractivity contribution in [3.63, 3.8) is 0 Å². The molecule has 1 aliphatic carbocycles. The first-order valence-corrected chi connectivity index (χ1v) is 9.85. The maximum atomic E-state index is 14.5. The number of hydrogen-bond donors (Lipinski definition) is 1. The summed E-state index contributed by atoms with van der Waals surface area (Å²) in [7, 11) is 3.53. The number of fused-ring (bicyclic) bond motifs is 2. The Morgan fingerprint density at radius 2 is 1.93 bits per heavy atom. The summed E-state index contributed by atoms with van der Waals surface area (Å²) in [6, 6.07) is 10.5. The topological polar surface area (TPSA) is 32.3 Å². The second-order valence-electron chi connectivity index (χ2n) is 8.01. The van der Waals surface area contributed by atoms with Crippen LogP contribution in [0.5, 0.6) is 0 Å². The molecule has 2 aliphatic rings. The summed E-state index contributed by atoms with van der Waals surface area (Å²) in [5.41, 5.74) is 3.52. The molecule has 142 valence electrons. The van der Waals surface area contributed by atoms with Crippen LogP contribution in [0.25, 0.3) is 0 Å². The molecule has 1 spiro atoms. The average molecular weight is 387 g/mol. The maximum Gasteiger partial charge on any atom is 0.253 e. The Balaban J connectivity index is 1.78. The quantitative estimate of drug-likeness (QED) is 0.733. The molecule has 1 fully saturated rings. The third kappa shape index (κ3) is 3.20. The highest BCUT2D eigenvalue weighted by atomic mass is 35.5. The number of anilines is 1. The highest BCUT2D eigenvalue weighted by Crippen LogP contribution is 2.53. The third-order valence-electron chi connectivity index (χ3n) is 6.06. The van der Waals surface area contributed by atoms with Crippen LogP contribution in [0, 0.1) is 5.82 Å². The van der Waals surface area contributed by atoms with E-state index in [1.165, 1.54) is 11.6 Å². The second-order valence-corrected chi connectivity index (χ2v) is 8.45. The van der Waals surface area contributed by atoms with Crippen LogP contribution in [0.3, 0.4) is 0 Å². The number of carbonyl (C=O) groups excluding carboxylic acids is 1. The standard InChI is InChI=1S/C22H24ClFN2O/c1-26(2)21(27)14-5-8-19-17(11-14)22(9-3-4-10-22)13-20(25-19)16-12-15(23)6-7-18(16)24/h5-8,11-12,20,25H,3-4,9-10,13H2,1-2H3. The van der Waals surface area contributed by atoms with E-state index in [4.69, 9.17) is 11.6 Å². The first kappa shape index (κ1) is 18.3. The van der Waals surface area contributed by atoms with Gasteiger partial charge in [-0.1, -0.05) is 24.4 Å².